The maximum absolute atomic E-state index is 14.1. The average Bonchev–Trinajstić information content (AvgIpc) is 3.74. The smallest absolute Gasteiger partial charge is 0.330 e. The Morgan fingerprint density at radius 1 is 0.981 bits per heavy atom. The van der Waals surface area contributed by atoms with E-state index in [9.17, 15) is 24.8 Å². The standard InChI is InChI=1S/C39H38N4O9S.Ac/c1-17-10-20-11-23-24(12-40)42-25-13-49-39(47)26(43-37(45)21-8-6-7-9-22(21)38(43)46)14-53-36(29-28(25)35-34(51-16-52-35)19(3)32(29)44)31(42)30(41(23)4)27(20)33(18(17)2)50-15-48-5;/h6-10,23-26,30-31,36,44H,11,13-16H2,1-5H3;/t23-,24-,25-,26-,30+,31?,36+;/m0./s1. The molecule has 3 aromatic carbocycles. The molecule has 1 radical (unpaired) electrons. The number of esters is 1. The Morgan fingerprint density at radius 2 is 1.69 bits per heavy atom. The van der Waals surface area contributed by atoms with Crippen molar-refractivity contribution in [3.05, 3.63) is 80.4 Å². The summed E-state index contributed by atoms with van der Waals surface area (Å²) in [7, 11) is 3.61. The van der Waals surface area contributed by atoms with E-state index in [1.54, 1.807) is 38.3 Å². The van der Waals surface area contributed by atoms with Crippen LogP contribution >= 0.6 is 11.8 Å². The molecule has 0 aromatic heterocycles. The molecule has 277 valence electrons. The van der Waals surface area contributed by atoms with Gasteiger partial charge < -0.3 is 28.8 Å². The number of imide groups is 1. The third-order valence-corrected chi connectivity index (χ3v) is 13.4. The van der Waals surface area contributed by atoms with Gasteiger partial charge in [-0.25, -0.2) is 4.79 Å². The van der Waals surface area contributed by atoms with Gasteiger partial charge in [0.25, 0.3) is 11.8 Å². The number of benzene rings is 3. The summed E-state index contributed by atoms with van der Waals surface area (Å²) in [4.78, 5) is 47.0. The molecule has 54 heavy (non-hydrogen) atoms. The number of carbonyl (C=O) groups is 3. The second kappa shape index (κ2) is 14.0. The van der Waals surface area contributed by atoms with Crippen molar-refractivity contribution in [3.63, 3.8) is 0 Å². The molecular weight excluding hydrogens is 928 g/mol. The molecule has 7 heterocycles. The van der Waals surface area contributed by atoms with Gasteiger partial charge in [-0.15, -0.1) is 11.8 Å². The molecule has 0 aliphatic carbocycles. The zero-order chi connectivity index (χ0) is 37.0. The topological polar surface area (TPSA) is 151 Å². The van der Waals surface area contributed by atoms with Gasteiger partial charge in [0.05, 0.1) is 34.5 Å². The maximum Gasteiger partial charge on any atom is 0.330 e. The Labute approximate surface area is 352 Å². The monoisotopic (exact) mass is 965 g/mol. The predicted octanol–water partition coefficient (Wildman–Crippen LogP) is 4.25. The van der Waals surface area contributed by atoms with Crippen molar-refractivity contribution in [1.82, 2.24) is 14.7 Å². The Kier molecular flexibility index (Phi) is 9.72. The molecule has 13 nitrogen and oxygen atoms in total. The summed E-state index contributed by atoms with van der Waals surface area (Å²) in [6.07, 6.45) is 0.574. The molecule has 2 saturated heterocycles. The first-order valence-electron chi connectivity index (χ1n) is 17.6. The van der Waals surface area contributed by atoms with Crippen molar-refractivity contribution >= 4 is 29.5 Å². The summed E-state index contributed by atoms with van der Waals surface area (Å²) in [6.45, 7) is 5.61. The van der Waals surface area contributed by atoms with E-state index in [2.05, 4.69) is 21.9 Å². The van der Waals surface area contributed by atoms with Crippen LogP contribution in [0, 0.1) is 76.2 Å². The van der Waals surface area contributed by atoms with Crippen molar-refractivity contribution in [3.8, 4) is 29.1 Å². The number of phenols is 1. The summed E-state index contributed by atoms with van der Waals surface area (Å²) in [5.74, 6) is -0.261. The van der Waals surface area contributed by atoms with Crippen LogP contribution < -0.4 is 14.2 Å². The van der Waals surface area contributed by atoms with E-state index in [0.717, 1.165) is 27.2 Å². The SMILES string of the molecule is COCOc1c(C)c(C)cc2c1[C@@H]1C3[C@@H]4SC[C@H](N5C(=O)c6ccccc6C5=O)C(=O)OC[C@@H](c5c6c(c(C)c(O)c54)OCO6)N3[C@@H](C#N)[C@H](C2)N1C.[Ac]. The molecule has 0 saturated carbocycles. The van der Waals surface area contributed by atoms with Crippen molar-refractivity contribution < 1.29 is 87.2 Å². The predicted molar refractivity (Wildman–Crippen MR) is 190 cm³/mol. The van der Waals surface area contributed by atoms with Crippen LogP contribution in [0.4, 0.5) is 0 Å². The molecule has 7 aliphatic heterocycles. The van der Waals surface area contributed by atoms with Crippen LogP contribution in [0.1, 0.15) is 77.0 Å². The van der Waals surface area contributed by atoms with E-state index in [-0.39, 0.29) is 99.0 Å². The fourth-order valence-corrected chi connectivity index (χ4v) is 11.1. The molecule has 7 atom stereocenters. The number of likely N-dealkylation sites (N-methyl/N-ethyl adjacent to an activating group) is 1. The Balaban J connectivity index is 0.00000413. The molecular formula is C39H38AcN4O9S. The number of fused-ring (bicyclic) bond motifs is 11. The molecule has 15 heteroatoms. The van der Waals surface area contributed by atoms with E-state index in [1.807, 2.05) is 20.9 Å². The number of piperazine rings is 1. The first-order valence-corrected chi connectivity index (χ1v) is 18.7. The molecule has 2 fully saturated rings. The van der Waals surface area contributed by atoms with E-state index < -0.39 is 47.2 Å². The van der Waals surface area contributed by atoms with Gasteiger partial charge in [0.1, 0.15) is 30.2 Å². The number of nitriles is 1. The normalized spacial score (nSPS) is 28.0. The molecule has 2 amide bonds. The van der Waals surface area contributed by atoms with Gasteiger partial charge in [0.15, 0.2) is 18.3 Å². The van der Waals surface area contributed by atoms with Gasteiger partial charge in [0.2, 0.25) is 6.79 Å². The van der Waals surface area contributed by atoms with E-state index >= 15 is 0 Å². The molecule has 7 aliphatic rings. The molecule has 1 unspecified atom stereocenters. The second-order valence-corrected chi connectivity index (χ2v) is 15.6. The van der Waals surface area contributed by atoms with Crippen molar-refractivity contribution in [1.29, 1.82) is 5.26 Å². The van der Waals surface area contributed by atoms with Gasteiger partial charge in [0, 0.05) is 91.3 Å². The van der Waals surface area contributed by atoms with Crippen LogP contribution in [-0.2, 0) is 20.7 Å². The fraction of sp³-hybridized carbons (Fsp3) is 0.436. The zero-order valence-electron chi connectivity index (χ0n) is 30.5. The molecule has 10 rings (SSSR count). The number of carbonyl (C=O) groups excluding carboxylic acids is 3. The Morgan fingerprint density at radius 3 is 2.37 bits per heavy atom. The van der Waals surface area contributed by atoms with Crippen molar-refractivity contribution in [2.45, 2.75) is 68.7 Å². The number of thioether (sulfide) groups is 1. The average molecular weight is 966 g/mol. The number of hydrogen-bond donors (Lipinski definition) is 1. The van der Waals surface area contributed by atoms with Gasteiger partial charge in [-0.05, 0) is 63.1 Å². The quantitative estimate of drug-likeness (QED) is 0.226. The Bertz CT molecular complexity index is 2140. The van der Waals surface area contributed by atoms with E-state index in [0.29, 0.717) is 40.4 Å². The number of rotatable bonds is 4. The number of nitrogens with zero attached hydrogens (tertiary/aromatic N) is 4. The number of aromatic hydroxyl groups is 1. The molecule has 0 spiro atoms. The third kappa shape index (κ3) is 5.20. The largest absolute Gasteiger partial charge is 0.507 e. The van der Waals surface area contributed by atoms with Crippen LogP contribution in [0.5, 0.6) is 23.0 Å². The van der Waals surface area contributed by atoms with Crippen molar-refractivity contribution in [2.24, 2.45) is 0 Å². The minimum absolute atomic E-state index is 0. The number of ether oxygens (including phenoxy) is 5. The number of methoxy groups -OCH3 is 1. The summed E-state index contributed by atoms with van der Waals surface area (Å²) in [6, 6.07) is 7.59. The zero-order valence-corrected chi connectivity index (χ0v) is 36.0. The second-order valence-electron chi connectivity index (χ2n) is 14.5. The maximum atomic E-state index is 14.1. The summed E-state index contributed by atoms with van der Waals surface area (Å²) in [5.41, 5.74) is 6.28. The first-order chi connectivity index (χ1) is 25.6. The van der Waals surface area contributed by atoms with Gasteiger partial charge >= 0.3 is 5.97 Å². The minimum Gasteiger partial charge on any atom is -0.507 e. The molecule has 1 N–H and O–H groups in total. The first kappa shape index (κ1) is 37.6. The van der Waals surface area contributed by atoms with E-state index in [4.69, 9.17) is 23.7 Å². The summed E-state index contributed by atoms with van der Waals surface area (Å²) >= 11 is 1.35. The Hall–Kier alpha value is -3.37. The summed E-state index contributed by atoms with van der Waals surface area (Å²) < 4.78 is 29.9. The van der Waals surface area contributed by atoms with Crippen LogP contribution in [0.15, 0.2) is 30.3 Å². The molecule has 4 bridgehead atoms. The fourth-order valence-electron chi connectivity index (χ4n) is 9.52. The van der Waals surface area contributed by atoms with Crippen molar-refractivity contribution in [2.75, 3.05) is 40.1 Å². The summed E-state index contributed by atoms with van der Waals surface area (Å²) in [5, 5.41) is 22.6. The number of aryl methyl sites for hydroxylation is 1. The van der Waals surface area contributed by atoms with E-state index in [1.165, 1.54) is 11.8 Å². The minimum atomic E-state index is -1.24. The number of amides is 2. The van der Waals surface area contributed by atoms with Crippen LogP contribution in [-0.4, -0.2) is 102 Å². The van der Waals surface area contributed by atoms with Crippen LogP contribution in [0.25, 0.3) is 0 Å². The third-order valence-electron chi connectivity index (χ3n) is 12.0. The van der Waals surface area contributed by atoms with Crippen LogP contribution in [0.3, 0.4) is 0 Å². The van der Waals surface area contributed by atoms with Gasteiger partial charge in [-0.3, -0.25) is 24.3 Å². The van der Waals surface area contributed by atoms with Gasteiger partial charge in [-0.2, -0.15) is 5.26 Å². The number of phenolic OH excluding ortho intramolecular Hbond substituents is 1. The van der Waals surface area contributed by atoms with Crippen LogP contribution in [0.2, 0.25) is 0 Å². The number of hydrogen-bond acceptors (Lipinski definition) is 13. The molecule has 3 aromatic rings. The van der Waals surface area contributed by atoms with Gasteiger partial charge in [-0.1, -0.05) is 18.2 Å².